The minimum absolute atomic E-state index is 0.109. The van der Waals surface area contributed by atoms with Gasteiger partial charge in [0.2, 0.25) is 5.75 Å². The lowest BCUT2D eigenvalue weighted by molar-refractivity contribution is -0.142. The van der Waals surface area contributed by atoms with Crippen LogP contribution >= 0.6 is 0 Å². The van der Waals surface area contributed by atoms with Gasteiger partial charge in [0, 0.05) is 27.4 Å². The highest BCUT2D eigenvalue weighted by Crippen LogP contribution is 2.40. The van der Waals surface area contributed by atoms with Crippen LogP contribution in [0, 0.1) is 24.7 Å². The smallest absolute Gasteiger partial charge is 0.314 e. The number of hydrogen-bond acceptors (Lipinski definition) is 6. The molecular weight excluding hydrogens is 360 g/mol. The minimum atomic E-state index is -0.272. The molecule has 160 valence electrons. The van der Waals surface area contributed by atoms with Crippen molar-refractivity contribution in [2.75, 3.05) is 41.7 Å². The molecule has 0 radical (unpaired) electrons. The summed E-state index contributed by atoms with van der Waals surface area (Å²) < 4.78 is 27.2. The molecule has 0 aliphatic rings. The monoisotopic (exact) mass is 396 g/mol. The van der Waals surface area contributed by atoms with Crippen LogP contribution in [-0.2, 0) is 14.3 Å². The fourth-order valence-corrected chi connectivity index (χ4v) is 3.36. The van der Waals surface area contributed by atoms with Gasteiger partial charge in [0.25, 0.3) is 0 Å². The van der Waals surface area contributed by atoms with Crippen molar-refractivity contribution in [3.63, 3.8) is 0 Å². The molecule has 1 aromatic carbocycles. The van der Waals surface area contributed by atoms with Gasteiger partial charge in [-0.25, -0.2) is 0 Å². The van der Waals surface area contributed by atoms with Gasteiger partial charge in [-0.2, -0.15) is 0 Å². The van der Waals surface area contributed by atoms with E-state index in [1.165, 1.54) is 0 Å². The normalized spacial score (nSPS) is 12.3. The molecule has 28 heavy (non-hydrogen) atoms. The standard InChI is InChI=1S/C22H36O6/c1-15(2)12-18(17(8-10-24-4)9-11-25-5)22(23)28-21-19(26-6)13-16(3)14-20(21)27-7/h13-15,17-18H,8-12H2,1-7H3. The van der Waals surface area contributed by atoms with E-state index in [1.807, 2.05) is 19.1 Å². The topological polar surface area (TPSA) is 63.2 Å². The van der Waals surface area contributed by atoms with Crippen molar-refractivity contribution < 1.29 is 28.5 Å². The second kappa shape index (κ2) is 12.6. The van der Waals surface area contributed by atoms with E-state index in [2.05, 4.69) is 13.8 Å². The lowest BCUT2D eigenvalue weighted by Crippen LogP contribution is -2.31. The minimum Gasteiger partial charge on any atom is -0.493 e. The molecule has 0 saturated heterocycles. The summed E-state index contributed by atoms with van der Waals surface area (Å²) in [5.41, 5.74) is 0.963. The van der Waals surface area contributed by atoms with Crippen molar-refractivity contribution in [1.82, 2.24) is 0 Å². The Morgan fingerprint density at radius 3 is 1.82 bits per heavy atom. The van der Waals surface area contributed by atoms with E-state index in [1.54, 1.807) is 28.4 Å². The molecule has 6 heteroatoms. The predicted molar refractivity (Wildman–Crippen MR) is 109 cm³/mol. The van der Waals surface area contributed by atoms with Crippen LogP contribution in [0.2, 0.25) is 0 Å². The van der Waals surface area contributed by atoms with Crippen LogP contribution in [0.1, 0.15) is 38.7 Å². The Morgan fingerprint density at radius 1 is 0.929 bits per heavy atom. The predicted octanol–water partition coefficient (Wildman–Crippen LogP) is 4.27. The number of esters is 1. The third-order valence-corrected chi connectivity index (χ3v) is 4.79. The zero-order valence-corrected chi connectivity index (χ0v) is 18.4. The molecule has 1 unspecified atom stereocenters. The molecule has 0 spiro atoms. The maximum Gasteiger partial charge on any atom is 0.314 e. The summed E-state index contributed by atoms with van der Waals surface area (Å²) in [6.07, 6.45) is 2.27. The highest BCUT2D eigenvalue weighted by atomic mass is 16.6. The number of methoxy groups -OCH3 is 4. The first-order chi connectivity index (χ1) is 13.4. The maximum absolute atomic E-state index is 13.2. The van der Waals surface area contributed by atoms with Crippen LogP contribution in [0.5, 0.6) is 17.2 Å². The third kappa shape index (κ3) is 7.32. The van der Waals surface area contributed by atoms with Crippen LogP contribution in [0.4, 0.5) is 0 Å². The van der Waals surface area contributed by atoms with Crippen molar-refractivity contribution in [3.05, 3.63) is 17.7 Å². The van der Waals surface area contributed by atoms with Crippen LogP contribution in [0.15, 0.2) is 12.1 Å². The Balaban J connectivity index is 3.16. The molecule has 0 saturated carbocycles. The molecule has 1 rings (SSSR count). The summed E-state index contributed by atoms with van der Waals surface area (Å²) in [4.78, 5) is 13.2. The van der Waals surface area contributed by atoms with Crippen LogP contribution < -0.4 is 14.2 Å². The Bertz CT molecular complexity index is 566. The van der Waals surface area contributed by atoms with Gasteiger partial charge >= 0.3 is 5.97 Å². The first-order valence-electron chi connectivity index (χ1n) is 9.80. The average Bonchev–Trinajstić information content (AvgIpc) is 2.67. The summed E-state index contributed by atoms with van der Waals surface area (Å²) in [6.45, 7) is 7.33. The van der Waals surface area contributed by atoms with Crippen molar-refractivity contribution in [1.29, 1.82) is 0 Å². The average molecular weight is 397 g/mol. The summed E-state index contributed by atoms with van der Waals surface area (Å²) >= 11 is 0. The molecule has 0 fully saturated rings. The molecule has 0 aliphatic heterocycles. The van der Waals surface area contributed by atoms with Crippen molar-refractivity contribution in [3.8, 4) is 17.2 Å². The summed E-state index contributed by atoms with van der Waals surface area (Å²) in [5.74, 6) is 1.22. The molecule has 0 heterocycles. The van der Waals surface area contributed by atoms with E-state index < -0.39 is 0 Å². The molecular formula is C22H36O6. The largest absolute Gasteiger partial charge is 0.493 e. The van der Waals surface area contributed by atoms with E-state index in [0.29, 0.717) is 36.4 Å². The van der Waals surface area contributed by atoms with Gasteiger partial charge in [-0.1, -0.05) is 13.8 Å². The number of rotatable bonds is 13. The quantitative estimate of drug-likeness (QED) is 0.366. The van der Waals surface area contributed by atoms with E-state index >= 15 is 0 Å². The van der Waals surface area contributed by atoms with E-state index in [-0.39, 0.29) is 17.8 Å². The molecule has 0 amide bonds. The molecule has 6 nitrogen and oxygen atoms in total. The zero-order chi connectivity index (χ0) is 21.1. The van der Waals surface area contributed by atoms with E-state index in [0.717, 1.165) is 24.8 Å². The Labute approximate surface area is 169 Å². The van der Waals surface area contributed by atoms with Crippen molar-refractivity contribution in [2.24, 2.45) is 17.8 Å². The lowest BCUT2D eigenvalue weighted by atomic mass is 9.81. The molecule has 1 atom stereocenters. The van der Waals surface area contributed by atoms with Crippen molar-refractivity contribution in [2.45, 2.75) is 40.0 Å². The number of benzene rings is 1. The number of carbonyl (C=O) groups excluding carboxylic acids is 1. The summed E-state index contributed by atoms with van der Waals surface area (Å²) in [7, 11) is 6.45. The fraction of sp³-hybridized carbons (Fsp3) is 0.682. The highest BCUT2D eigenvalue weighted by molar-refractivity contribution is 5.77. The van der Waals surface area contributed by atoms with Gasteiger partial charge < -0.3 is 23.7 Å². The Kier molecular flexibility index (Phi) is 10.9. The van der Waals surface area contributed by atoms with Gasteiger partial charge in [0.1, 0.15) is 0 Å². The summed E-state index contributed by atoms with van der Waals surface area (Å²) in [5, 5.41) is 0. The van der Waals surface area contributed by atoms with Gasteiger partial charge in [-0.05, 0) is 55.7 Å². The van der Waals surface area contributed by atoms with Crippen LogP contribution in [0.25, 0.3) is 0 Å². The molecule has 0 N–H and O–H groups in total. The van der Waals surface area contributed by atoms with Gasteiger partial charge in [-0.15, -0.1) is 0 Å². The molecule has 0 bridgehead atoms. The van der Waals surface area contributed by atoms with Gasteiger partial charge in [-0.3, -0.25) is 4.79 Å². The zero-order valence-electron chi connectivity index (χ0n) is 18.4. The molecule has 1 aromatic rings. The van der Waals surface area contributed by atoms with E-state index in [4.69, 9.17) is 23.7 Å². The van der Waals surface area contributed by atoms with Gasteiger partial charge in [0.05, 0.1) is 20.1 Å². The van der Waals surface area contributed by atoms with Crippen LogP contribution in [0.3, 0.4) is 0 Å². The van der Waals surface area contributed by atoms with Gasteiger partial charge in [0.15, 0.2) is 11.5 Å². The number of hydrogen-bond donors (Lipinski definition) is 0. The SMILES string of the molecule is COCCC(CCOC)C(CC(C)C)C(=O)Oc1c(OC)cc(C)cc1OC. The third-order valence-electron chi connectivity index (χ3n) is 4.79. The molecule has 0 aromatic heterocycles. The number of ether oxygens (including phenoxy) is 5. The highest BCUT2D eigenvalue weighted by Gasteiger charge is 2.32. The second-order valence-corrected chi connectivity index (χ2v) is 7.48. The summed E-state index contributed by atoms with van der Waals surface area (Å²) in [6, 6.07) is 3.66. The molecule has 0 aliphatic carbocycles. The van der Waals surface area contributed by atoms with Crippen LogP contribution in [-0.4, -0.2) is 47.6 Å². The number of aryl methyl sites for hydroxylation is 1. The Morgan fingerprint density at radius 2 is 1.43 bits per heavy atom. The maximum atomic E-state index is 13.2. The lowest BCUT2D eigenvalue weighted by Gasteiger charge is -2.27. The van der Waals surface area contributed by atoms with Crippen molar-refractivity contribution >= 4 is 5.97 Å². The fourth-order valence-electron chi connectivity index (χ4n) is 3.36. The van der Waals surface area contributed by atoms with E-state index in [9.17, 15) is 4.79 Å². The first kappa shape index (κ1) is 24.2. The second-order valence-electron chi connectivity index (χ2n) is 7.48. The Hall–Kier alpha value is -1.79. The number of carbonyl (C=O) groups is 1. The first-order valence-corrected chi connectivity index (χ1v) is 9.80.